The molecule has 33 heavy (non-hydrogen) atoms. The molecule has 1 atom stereocenters. The fraction of sp³-hybridized carbons (Fsp3) is 0.136. The zero-order valence-electron chi connectivity index (χ0n) is 17.2. The van der Waals surface area contributed by atoms with Gasteiger partial charge in [-0.3, -0.25) is 9.36 Å². The number of halogens is 3. The van der Waals surface area contributed by atoms with Gasteiger partial charge >= 0.3 is 0 Å². The number of rotatable bonds is 5. The number of nitrogens with one attached hydrogen (secondary N) is 2. The van der Waals surface area contributed by atoms with Crippen molar-refractivity contribution < 1.29 is 8.78 Å². The molecule has 1 unspecified atom stereocenters. The van der Waals surface area contributed by atoms with Gasteiger partial charge in [0.1, 0.15) is 29.3 Å². The highest BCUT2D eigenvalue weighted by Crippen LogP contribution is 2.29. The zero-order valence-corrected chi connectivity index (χ0v) is 17.9. The highest BCUT2D eigenvalue weighted by atomic mass is 35.5. The maximum absolute atomic E-state index is 14.8. The predicted octanol–water partition coefficient (Wildman–Crippen LogP) is 4.55. The molecule has 0 saturated carbocycles. The normalized spacial score (nSPS) is 12.4. The van der Waals surface area contributed by atoms with Crippen LogP contribution in [-0.4, -0.2) is 29.5 Å². The van der Waals surface area contributed by atoms with Crippen molar-refractivity contribution in [2.75, 3.05) is 5.32 Å². The smallest absolute Gasteiger partial charge is 0.267 e. The number of para-hydroxylation sites is 1. The molecule has 11 heteroatoms. The lowest BCUT2D eigenvalue weighted by Crippen LogP contribution is -2.29. The Morgan fingerprint density at radius 3 is 2.73 bits per heavy atom. The molecule has 0 aliphatic rings. The molecule has 2 aromatic carbocycles. The summed E-state index contributed by atoms with van der Waals surface area (Å²) in [6.07, 6.45) is 3.32. The number of imidazole rings is 1. The Kier molecular flexibility index (Phi) is 5.21. The fourth-order valence-corrected chi connectivity index (χ4v) is 3.95. The number of anilines is 1. The van der Waals surface area contributed by atoms with E-state index in [1.807, 2.05) is 6.92 Å². The molecule has 0 saturated heterocycles. The summed E-state index contributed by atoms with van der Waals surface area (Å²) in [4.78, 5) is 33.7. The fourth-order valence-electron chi connectivity index (χ4n) is 3.71. The van der Waals surface area contributed by atoms with Gasteiger partial charge in [0.05, 0.1) is 34.0 Å². The summed E-state index contributed by atoms with van der Waals surface area (Å²) in [6.45, 7) is 1.88. The average molecular weight is 468 g/mol. The van der Waals surface area contributed by atoms with Crippen LogP contribution in [0.15, 0.2) is 53.8 Å². The van der Waals surface area contributed by atoms with Gasteiger partial charge in [-0.15, -0.1) is 0 Å². The molecule has 3 heterocycles. The van der Waals surface area contributed by atoms with E-state index in [0.717, 1.165) is 10.6 Å². The SMILES string of the molecule is CCC(Nc1ncnc2[nH]cnc12)c1nc2ccc(F)c(Cl)c2c(=O)n1-c1ccccc1F. The molecule has 0 fully saturated rings. The van der Waals surface area contributed by atoms with E-state index in [-0.39, 0.29) is 27.4 Å². The van der Waals surface area contributed by atoms with E-state index < -0.39 is 23.2 Å². The zero-order chi connectivity index (χ0) is 23.1. The molecule has 0 spiro atoms. The second-order valence-electron chi connectivity index (χ2n) is 7.24. The van der Waals surface area contributed by atoms with Gasteiger partial charge in [0.2, 0.25) is 0 Å². The summed E-state index contributed by atoms with van der Waals surface area (Å²) in [5, 5.41) is 2.74. The quantitative estimate of drug-likeness (QED) is 0.393. The maximum atomic E-state index is 14.8. The van der Waals surface area contributed by atoms with E-state index in [1.54, 1.807) is 6.07 Å². The number of aromatic nitrogens is 6. The predicted molar refractivity (Wildman–Crippen MR) is 121 cm³/mol. The molecule has 3 aromatic heterocycles. The van der Waals surface area contributed by atoms with Gasteiger partial charge in [0, 0.05) is 0 Å². The summed E-state index contributed by atoms with van der Waals surface area (Å²) < 4.78 is 30.1. The first-order valence-electron chi connectivity index (χ1n) is 10.1. The first-order valence-corrected chi connectivity index (χ1v) is 10.4. The molecule has 5 aromatic rings. The van der Waals surface area contributed by atoms with Gasteiger partial charge in [0.25, 0.3) is 5.56 Å². The summed E-state index contributed by atoms with van der Waals surface area (Å²) >= 11 is 6.11. The summed E-state index contributed by atoms with van der Waals surface area (Å²) in [6, 6.07) is 7.71. The minimum Gasteiger partial charge on any atom is -0.358 e. The Hall–Kier alpha value is -3.92. The Bertz CT molecular complexity index is 1570. The van der Waals surface area contributed by atoms with Crippen LogP contribution >= 0.6 is 11.6 Å². The molecule has 2 N–H and O–H groups in total. The van der Waals surface area contributed by atoms with E-state index in [0.29, 0.717) is 23.4 Å². The van der Waals surface area contributed by atoms with Gasteiger partial charge in [0.15, 0.2) is 11.5 Å². The highest BCUT2D eigenvalue weighted by molar-refractivity contribution is 6.35. The molecule has 0 bridgehead atoms. The summed E-state index contributed by atoms with van der Waals surface area (Å²) in [7, 11) is 0. The molecule has 166 valence electrons. The van der Waals surface area contributed by atoms with Crippen molar-refractivity contribution in [3.05, 3.63) is 81.9 Å². The van der Waals surface area contributed by atoms with Gasteiger partial charge in [-0.1, -0.05) is 30.7 Å². The van der Waals surface area contributed by atoms with Crippen molar-refractivity contribution in [3.63, 3.8) is 0 Å². The van der Waals surface area contributed by atoms with Crippen molar-refractivity contribution >= 4 is 39.5 Å². The third kappa shape index (κ3) is 3.48. The van der Waals surface area contributed by atoms with Crippen LogP contribution in [0.2, 0.25) is 5.02 Å². The number of hydrogen-bond acceptors (Lipinski definition) is 6. The lowest BCUT2D eigenvalue weighted by Gasteiger charge is -2.22. The van der Waals surface area contributed by atoms with Crippen molar-refractivity contribution in [1.82, 2.24) is 29.5 Å². The van der Waals surface area contributed by atoms with E-state index in [2.05, 4.69) is 30.2 Å². The molecule has 8 nitrogen and oxygen atoms in total. The van der Waals surface area contributed by atoms with Crippen molar-refractivity contribution in [2.45, 2.75) is 19.4 Å². The average Bonchev–Trinajstić information content (AvgIpc) is 3.30. The lowest BCUT2D eigenvalue weighted by molar-refractivity contribution is 0.598. The lowest BCUT2D eigenvalue weighted by atomic mass is 10.1. The Labute approximate surface area is 190 Å². The number of hydrogen-bond donors (Lipinski definition) is 2. The Morgan fingerprint density at radius 2 is 1.94 bits per heavy atom. The van der Waals surface area contributed by atoms with Crippen LogP contribution in [0.5, 0.6) is 0 Å². The molecule has 0 radical (unpaired) electrons. The third-order valence-electron chi connectivity index (χ3n) is 5.30. The minimum absolute atomic E-state index is 0.0277. The summed E-state index contributed by atoms with van der Waals surface area (Å²) in [5.74, 6) is -0.770. The standard InChI is InChI=1S/C22H16ClF2N7O/c1-2-13(30-20-18-19(27-9-26-18)28-10-29-20)21-31-14-8-7-12(25)17(23)16(14)22(33)32(21)15-6-4-3-5-11(15)24/h3-10,13H,2H2,1H3,(H2,26,27,28,29,30). The maximum Gasteiger partial charge on any atom is 0.267 e. The third-order valence-corrected chi connectivity index (χ3v) is 5.66. The molecular weight excluding hydrogens is 452 g/mol. The topological polar surface area (TPSA) is 101 Å². The Balaban J connectivity index is 1.78. The number of H-pyrrole nitrogens is 1. The monoisotopic (exact) mass is 467 g/mol. The van der Waals surface area contributed by atoms with E-state index in [4.69, 9.17) is 11.6 Å². The second-order valence-corrected chi connectivity index (χ2v) is 7.62. The van der Waals surface area contributed by atoms with Gasteiger partial charge < -0.3 is 10.3 Å². The molecule has 0 aliphatic carbocycles. The first kappa shape index (κ1) is 21.0. The van der Waals surface area contributed by atoms with Gasteiger partial charge in [-0.05, 0) is 30.7 Å². The second kappa shape index (κ2) is 8.21. The molecule has 0 aliphatic heterocycles. The van der Waals surface area contributed by atoms with Gasteiger partial charge in [-0.25, -0.2) is 28.7 Å². The number of aromatic amines is 1. The van der Waals surface area contributed by atoms with Crippen LogP contribution < -0.4 is 10.9 Å². The molecule has 0 amide bonds. The Morgan fingerprint density at radius 1 is 1.12 bits per heavy atom. The minimum atomic E-state index is -0.761. The highest BCUT2D eigenvalue weighted by Gasteiger charge is 2.24. The van der Waals surface area contributed by atoms with Crippen molar-refractivity contribution in [3.8, 4) is 5.69 Å². The van der Waals surface area contributed by atoms with Crippen molar-refractivity contribution in [2.24, 2.45) is 0 Å². The van der Waals surface area contributed by atoms with Crippen LogP contribution in [-0.2, 0) is 0 Å². The largest absolute Gasteiger partial charge is 0.358 e. The van der Waals surface area contributed by atoms with Crippen molar-refractivity contribution in [1.29, 1.82) is 0 Å². The summed E-state index contributed by atoms with van der Waals surface area (Å²) in [5.41, 5.74) is 0.517. The first-order chi connectivity index (χ1) is 16.0. The van der Waals surface area contributed by atoms with Gasteiger partial charge in [-0.2, -0.15) is 0 Å². The van der Waals surface area contributed by atoms with Crippen LogP contribution in [0.25, 0.3) is 27.8 Å². The molecule has 5 rings (SSSR count). The number of fused-ring (bicyclic) bond motifs is 2. The molecular formula is C22H16ClF2N7O. The number of benzene rings is 2. The van der Waals surface area contributed by atoms with Crippen LogP contribution in [0.4, 0.5) is 14.6 Å². The van der Waals surface area contributed by atoms with E-state index in [9.17, 15) is 13.6 Å². The van der Waals surface area contributed by atoms with Crippen LogP contribution in [0, 0.1) is 11.6 Å². The number of nitrogens with zero attached hydrogens (tertiary/aromatic N) is 5. The van der Waals surface area contributed by atoms with E-state index >= 15 is 0 Å². The van der Waals surface area contributed by atoms with E-state index in [1.165, 1.54) is 36.9 Å². The van der Waals surface area contributed by atoms with Crippen LogP contribution in [0.3, 0.4) is 0 Å². The van der Waals surface area contributed by atoms with Crippen LogP contribution in [0.1, 0.15) is 25.2 Å².